The van der Waals surface area contributed by atoms with Gasteiger partial charge in [0.1, 0.15) is 5.82 Å². The summed E-state index contributed by atoms with van der Waals surface area (Å²) in [6.07, 6.45) is 5.13. The average Bonchev–Trinajstić information content (AvgIpc) is 2.64. The highest BCUT2D eigenvalue weighted by molar-refractivity contribution is 6.09. The van der Waals surface area contributed by atoms with Crippen LogP contribution in [0, 0.1) is 11.7 Å². The smallest absolute Gasteiger partial charge is 0.401 e. The molecule has 1 aliphatic rings. The zero-order valence-corrected chi connectivity index (χ0v) is 18.3. The summed E-state index contributed by atoms with van der Waals surface area (Å²) in [4.78, 5) is 4.19. The highest BCUT2D eigenvalue weighted by Gasteiger charge is 2.37. The van der Waals surface area contributed by atoms with Crippen molar-refractivity contribution in [2.75, 3.05) is 0 Å². The van der Waals surface area contributed by atoms with E-state index in [0.717, 1.165) is 30.9 Å². The van der Waals surface area contributed by atoms with Gasteiger partial charge in [0.05, 0.1) is 5.71 Å². The van der Waals surface area contributed by atoms with Gasteiger partial charge in [0.15, 0.2) is 0 Å². The average molecular weight is 435 g/mol. The fourth-order valence-electron chi connectivity index (χ4n) is 3.70. The number of alkyl halides is 3. The van der Waals surface area contributed by atoms with E-state index in [0.29, 0.717) is 11.3 Å². The van der Waals surface area contributed by atoms with Crippen LogP contribution >= 0.6 is 0 Å². The molecule has 1 aliphatic carbocycles. The first-order valence-corrected chi connectivity index (χ1v) is 10.4. The summed E-state index contributed by atoms with van der Waals surface area (Å²) in [5.74, 6) is -1.27. The zero-order chi connectivity index (χ0) is 23.2. The van der Waals surface area contributed by atoms with E-state index < -0.39 is 23.5 Å². The quantitative estimate of drug-likeness (QED) is 0.264. The van der Waals surface area contributed by atoms with Gasteiger partial charge in [-0.3, -0.25) is 4.99 Å². The van der Waals surface area contributed by atoms with E-state index in [-0.39, 0.29) is 23.6 Å². The van der Waals surface area contributed by atoms with Crippen molar-refractivity contribution in [3.05, 3.63) is 83.0 Å². The molecule has 2 rings (SSSR count). The van der Waals surface area contributed by atoms with Crippen molar-refractivity contribution in [3.8, 4) is 0 Å². The summed E-state index contributed by atoms with van der Waals surface area (Å²) in [6, 6.07) is 3.46. The molecule has 0 aromatic heterocycles. The standard InChI is InChI=1S/C25H30F4N2/c1-5-7-11-22(25(27,28)29)16(3)14-21-19(18-9-8-10-18)12-13-20(24(21)26)23(6-2)31-15-17(4)30/h5-7,11-13,15-16,18H,2,8-10,14,30H2,1,3-4H3/b7-5-,17-15+,22-11+,31-23+. The van der Waals surface area contributed by atoms with E-state index in [2.05, 4.69) is 11.6 Å². The van der Waals surface area contributed by atoms with Crippen LogP contribution in [0.3, 0.4) is 0 Å². The topological polar surface area (TPSA) is 38.4 Å². The molecule has 168 valence electrons. The first-order valence-electron chi connectivity index (χ1n) is 10.4. The molecule has 0 heterocycles. The Morgan fingerprint density at radius 3 is 2.48 bits per heavy atom. The van der Waals surface area contributed by atoms with Gasteiger partial charge in [-0.15, -0.1) is 0 Å². The monoisotopic (exact) mass is 434 g/mol. The molecule has 2 N–H and O–H groups in total. The van der Waals surface area contributed by atoms with E-state index in [1.165, 1.54) is 25.3 Å². The number of hydrogen-bond acceptors (Lipinski definition) is 2. The normalized spacial score (nSPS) is 17.7. The lowest BCUT2D eigenvalue weighted by molar-refractivity contribution is -0.0983. The molecule has 1 aromatic rings. The first kappa shape index (κ1) is 24.6. The predicted octanol–water partition coefficient (Wildman–Crippen LogP) is 7.13. The lowest BCUT2D eigenvalue weighted by atomic mass is 9.75. The van der Waals surface area contributed by atoms with Gasteiger partial charge in [-0.25, -0.2) is 4.39 Å². The maximum Gasteiger partial charge on any atom is 0.412 e. The van der Waals surface area contributed by atoms with Crippen LogP contribution in [0.2, 0.25) is 0 Å². The molecule has 1 atom stereocenters. The number of halogens is 4. The number of benzene rings is 1. The van der Waals surface area contributed by atoms with Crippen molar-refractivity contribution in [1.29, 1.82) is 0 Å². The molecule has 0 radical (unpaired) electrons. The number of aliphatic imine (C=N–C) groups is 1. The third-order valence-electron chi connectivity index (χ3n) is 5.54. The van der Waals surface area contributed by atoms with Gasteiger partial charge in [0.25, 0.3) is 0 Å². The van der Waals surface area contributed by atoms with E-state index >= 15 is 4.39 Å². The Labute approximate surface area is 181 Å². The van der Waals surface area contributed by atoms with Gasteiger partial charge in [-0.05, 0) is 68.2 Å². The number of nitrogens with zero attached hydrogens (tertiary/aromatic N) is 1. The second-order valence-corrected chi connectivity index (χ2v) is 7.97. The van der Waals surface area contributed by atoms with E-state index in [4.69, 9.17) is 5.73 Å². The fourth-order valence-corrected chi connectivity index (χ4v) is 3.70. The minimum Gasteiger partial charge on any atom is -0.401 e. The second-order valence-electron chi connectivity index (χ2n) is 7.97. The number of nitrogens with two attached hydrogens (primary N) is 1. The molecule has 6 heteroatoms. The molecule has 2 nitrogen and oxygen atoms in total. The van der Waals surface area contributed by atoms with Crippen LogP contribution in [0.25, 0.3) is 0 Å². The van der Waals surface area contributed by atoms with Crippen molar-refractivity contribution < 1.29 is 17.6 Å². The zero-order valence-electron chi connectivity index (χ0n) is 18.3. The van der Waals surface area contributed by atoms with Gasteiger partial charge >= 0.3 is 6.18 Å². The summed E-state index contributed by atoms with van der Waals surface area (Å²) >= 11 is 0. The Kier molecular flexibility index (Phi) is 8.43. The Balaban J connectivity index is 2.56. The minimum atomic E-state index is -4.49. The molecular formula is C25H30F4N2. The Hall–Kier alpha value is -2.63. The van der Waals surface area contributed by atoms with Crippen LogP contribution in [0.1, 0.15) is 62.6 Å². The molecule has 1 fully saturated rings. The molecule has 1 unspecified atom stereocenters. The SMILES string of the molecule is C=C/C(=N\C=C(/C)N)c1ccc(C2CCC2)c(CC(C)/C(=C\C=C/C)C(F)(F)F)c1F. The Bertz CT molecular complexity index is 912. The molecule has 1 aromatic carbocycles. The third-order valence-corrected chi connectivity index (χ3v) is 5.54. The maximum absolute atomic E-state index is 15.7. The van der Waals surface area contributed by atoms with Gasteiger partial charge in [0.2, 0.25) is 0 Å². The highest BCUT2D eigenvalue weighted by atomic mass is 19.4. The Morgan fingerprint density at radius 2 is 2.00 bits per heavy atom. The van der Waals surface area contributed by atoms with Crippen LogP contribution in [-0.2, 0) is 6.42 Å². The lowest BCUT2D eigenvalue weighted by Crippen LogP contribution is -2.22. The first-order chi connectivity index (χ1) is 14.6. The summed E-state index contributed by atoms with van der Waals surface area (Å²) < 4.78 is 56.6. The van der Waals surface area contributed by atoms with Crippen LogP contribution in [0.5, 0.6) is 0 Å². The Morgan fingerprint density at radius 1 is 1.32 bits per heavy atom. The molecule has 1 saturated carbocycles. The molecule has 0 aliphatic heterocycles. The maximum atomic E-state index is 15.7. The predicted molar refractivity (Wildman–Crippen MR) is 119 cm³/mol. The summed E-state index contributed by atoms with van der Waals surface area (Å²) in [7, 11) is 0. The van der Waals surface area contributed by atoms with Crippen molar-refractivity contribution >= 4 is 5.71 Å². The van der Waals surface area contributed by atoms with Gasteiger partial charge in [-0.1, -0.05) is 44.2 Å². The number of rotatable bonds is 8. The summed E-state index contributed by atoms with van der Waals surface area (Å²) in [5, 5.41) is 0. The molecule has 0 amide bonds. The van der Waals surface area contributed by atoms with Crippen LogP contribution < -0.4 is 5.73 Å². The molecule has 0 saturated heterocycles. The molecule has 0 spiro atoms. The van der Waals surface area contributed by atoms with Crippen molar-refractivity contribution in [3.63, 3.8) is 0 Å². The highest BCUT2D eigenvalue weighted by Crippen LogP contribution is 2.41. The molecule has 0 bridgehead atoms. The second kappa shape index (κ2) is 10.6. The third kappa shape index (κ3) is 6.18. The summed E-state index contributed by atoms with van der Waals surface area (Å²) in [5.41, 5.74) is 7.01. The van der Waals surface area contributed by atoms with E-state index in [1.54, 1.807) is 26.0 Å². The van der Waals surface area contributed by atoms with Gasteiger partial charge in [0, 0.05) is 23.0 Å². The van der Waals surface area contributed by atoms with Gasteiger partial charge < -0.3 is 5.73 Å². The van der Waals surface area contributed by atoms with E-state index in [1.807, 2.05) is 6.07 Å². The van der Waals surface area contributed by atoms with Crippen LogP contribution in [0.15, 0.2) is 65.5 Å². The summed E-state index contributed by atoms with van der Waals surface area (Å²) in [6.45, 7) is 8.49. The van der Waals surface area contributed by atoms with Crippen molar-refractivity contribution in [2.45, 2.75) is 58.5 Å². The molecule has 31 heavy (non-hydrogen) atoms. The van der Waals surface area contributed by atoms with Gasteiger partial charge in [-0.2, -0.15) is 13.2 Å². The van der Waals surface area contributed by atoms with E-state index in [9.17, 15) is 13.2 Å². The van der Waals surface area contributed by atoms with Crippen LogP contribution in [-0.4, -0.2) is 11.9 Å². The molecular weight excluding hydrogens is 404 g/mol. The van der Waals surface area contributed by atoms with Crippen LogP contribution in [0.4, 0.5) is 17.6 Å². The van der Waals surface area contributed by atoms with Crippen molar-refractivity contribution in [1.82, 2.24) is 0 Å². The number of allylic oxidation sites excluding steroid dienone is 6. The van der Waals surface area contributed by atoms with Crippen molar-refractivity contribution in [2.24, 2.45) is 16.6 Å². The lowest BCUT2D eigenvalue weighted by Gasteiger charge is -2.30. The number of hydrogen-bond donors (Lipinski definition) is 1. The fraction of sp³-hybridized carbons (Fsp3) is 0.400. The minimum absolute atomic E-state index is 0.0510. The largest absolute Gasteiger partial charge is 0.412 e.